The molecule has 0 saturated heterocycles. The molecule has 1 amide bonds. The molecule has 1 N–H and O–H groups in total. The van der Waals surface area contributed by atoms with E-state index in [1.807, 2.05) is 18.2 Å². The van der Waals surface area contributed by atoms with Crippen LogP contribution >= 0.6 is 0 Å². The van der Waals surface area contributed by atoms with Crippen molar-refractivity contribution in [2.45, 2.75) is 24.8 Å². The minimum absolute atomic E-state index is 0.189. The lowest BCUT2D eigenvalue weighted by Gasteiger charge is -2.50. The van der Waals surface area contributed by atoms with Crippen LogP contribution in [0.5, 0.6) is 5.75 Å². The first-order valence-corrected chi connectivity index (χ1v) is 11.1. The van der Waals surface area contributed by atoms with E-state index >= 15 is 4.39 Å². The fourth-order valence-corrected chi connectivity index (χ4v) is 6.12. The van der Waals surface area contributed by atoms with Gasteiger partial charge in [-0.15, -0.1) is 0 Å². The van der Waals surface area contributed by atoms with Gasteiger partial charge in [-0.05, 0) is 41.2 Å². The smallest absolute Gasteiger partial charge is 0.278 e. The summed E-state index contributed by atoms with van der Waals surface area (Å²) >= 11 is 0. The standard InChI is InChI=1S/C25H19F4N3O3/c26-18-6-5-17-15(21(18)29)10-14-9-13-3-1-2-4-16(13)25(14,17)32-12-30(11-20(27)28)24(35)22-23(34)19(33)7-8-31(22)32/h1-8,14,20,34H,9-12H2. The normalized spacial score (nSPS) is 22.3. The van der Waals surface area contributed by atoms with Gasteiger partial charge in [-0.2, -0.15) is 0 Å². The van der Waals surface area contributed by atoms with Gasteiger partial charge in [0.15, 0.2) is 23.1 Å². The van der Waals surface area contributed by atoms with Gasteiger partial charge < -0.3 is 10.0 Å². The Morgan fingerprint density at radius 3 is 2.57 bits per heavy atom. The minimum Gasteiger partial charge on any atom is -0.502 e. The molecule has 2 heterocycles. The SMILES string of the molecule is O=C1c2c(O)c(=O)ccn2N(C23c4ccccc4CC2Cc2c3ccc(F)c2F)CN1CC(F)F. The summed E-state index contributed by atoms with van der Waals surface area (Å²) in [4.78, 5) is 26.2. The lowest BCUT2D eigenvalue weighted by molar-refractivity contribution is 0.0433. The number of amides is 1. The maximum Gasteiger partial charge on any atom is 0.278 e. The largest absolute Gasteiger partial charge is 0.502 e. The van der Waals surface area contributed by atoms with Crippen LogP contribution < -0.4 is 10.4 Å². The highest BCUT2D eigenvalue weighted by Crippen LogP contribution is 2.57. The molecule has 0 saturated carbocycles. The van der Waals surface area contributed by atoms with Crippen LogP contribution in [0.15, 0.2) is 53.5 Å². The van der Waals surface area contributed by atoms with Crippen LogP contribution in [0.3, 0.4) is 0 Å². The zero-order valence-electron chi connectivity index (χ0n) is 18.2. The maximum absolute atomic E-state index is 15.0. The average Bonchev–Trinajstić information content (AvgIpc) is 3.32. The molecule has 1 aromatic heterocycles. The van der Waals surface area contributed by atoms with Crippen molar-refractivity contribution in [2.24, 2.45) is 5.92 Å². The van der Waals surface area contributed by atoms with Gasteiger partial charge in [0.05, 0.1) is 6.54 Å². The third-order valence-electron chi connectivity index (χ3n) is 7.42. The van der Waals surface area contributed by atoms with Gasteiger partial charge in [0.2, 0.25) is 5.43 Å². The number of carbonyl (C=O) groups excluding carboxylic acids is 1. The second kappa shape index (κ2) is 7.34. The molecule has 0 bridgehead atoms. The van der Waals surface area contributed by atoms with E-state index in [0.29, 0.717) is 12.0 Å². The number of aromatic nitrogens is 1. The Kier molecular flexibility index (Phi) is 4.55. The van der Waals surface area contributed by atoms with E-state index in [0.717, 1.165) is 28.2 Å². The highest BCUT2D eigenvalue weighted by Gasteiger charge is 2.59. The summed E-state index contributed by atoms with van der Waals surface area (Å²) < 4.78 is 57.4. The summed E-state index contributed by atoms with van der Waals surface area (Å²) in [6, 6.07) is 11.0. The number of hydrogen-bond donors (Lipinski definition) is 1. The highest BCUT2D eigenvalue weighted by atomic mass is 19.3. The lowest BCUT2D eigenvalue weighted by Crippen LogP contribution is -2.63. The first-order chi connectivity index (χ1) is 16.7. The molecule has 6 nitrogen and oxygen atoms in total. The molecule has 3 aliphatic rings. The van der Waals surface area contributed by atoms with Gasteiger partial charge in [0, 0.05) is 18.2 Å². The van der Waals surface area contributed by atoms with Crippen LogP contribution in [0, 0.1) is 17.6 Å². The molecule has 10 heteroatoms. The fraction of sp³-hybridized carbons (Fsp3) is 0.280. The lowest BCUT2D eigenvalue weighted by atomic mass is 9.81. The number of halogens is 4. The number of nitrogens with zero attached hydrogens (tertiary/aromatic N) is 3. The van der Waals surface area contributed by atoms with Crippen LogP contribution in [-0.4, -0.2) is 40.2 Å². The summed E-state index contributed by atoms with van der Waals surface area (Å²) in [6.45, 7) is -1.24. The number of pyridine rings is 1. The average molecular weight is 485 g/mol. The Bertz CT molecular complexity index is 1460. The van der Waals surface area contributed by atoms with Crippen molar-refractivity contribution in [1.82, 2.24) is 9.58 Å². The van der Waals surface area contributed by atoms with Gasteiger partial charge in [-0.25, -0.2) is 17.6 Å². The second-order valence-electron chi connectivity index (χ2n) is 9.10. The van der Waals surface area contributed by atoms with Crippen LogP contribution in [0.2, 0.25) is 0 Å². The Morgan fingerprint density at radius 2 is 1.80 bits per heavy atom. The van der Waals surface area contributed by atoms with E-state index in [1.165, 1.54) is 16.9 Å². The summed E-state index contributed by atoms with van der Waals surface area (Å²) in [5, 5.41) is 12.1. The van der Waals surface area contributed by atoms with Crippen molar-refractivity contribution in [3.05, 3.63) is 98.5 Å². The van der Waals surface area contributed by atoms with Crippen molar-refractivity contribution in [3.63, 3.8) is 0 Å². The predicted molar refractivity (Wildman–Crippen MR) is 117 cm³/mol. The third kappa shape index (κ3) is 2.76. The summed E-state index contributed by atoms with van der Waals surface area (Å²) in [5.41, 5.74) is -0.0578. The number of benzene rings is 2. The van der Waals surface area contributed by atoms with Crippen LogP contribution in [0.1, 0.15) is 32.7 Å². The Labute approximate surface area is 196 Å². The number of fused-ring (bicyclic) bond motifs is 6. The molecular formula is C25H19F4N3O3. The molecule has 35 heavy (non-hydrogen) atoms. The summed E-state index contributed by atoms with van der Waals surface area (Å²) in [6.07, 6.45) is -0.864. The number of carbonyl (C=O) groups is 1. The van der Waals surface area contributed by atoms with Gasteiger partial charge in [0.1, 0.15) is 12.2 Å². The van der Waals surface area contributed by atoms with E-state index in [1.54, 1.807) is 11.1 Å². The van der Waals surface area contributed by atoms with E-state index in [-0.39, 0.29) is 24.6 Å². The van der Waals surface area contributed by atoms with E-state index in [4.69, 9.17) is 0 Å². The summed E-state index contributed by atoms with van der Waals surface area (Å²) in [5.74, 6) is -4.04. The molecule has 0 spiro atoms. The molecule has 2 atom stereocenters. The summed E-state index contributed by atoms with van der Waals surface area (Å²) in [7, 11) is 0. The monoisotopic (exact) mass is 485 g/mol. The molecule has 0 radical (unpaired) electrons. The zero-order chi connectivity index (χ0) is 24.6. The molecule has 1 aliphatic heterocycles. The van der Waals surface area contributed by atoms with Crippen LogP contribution in [0.25, 0.3) is 0 Å². The minimum atomic E-state index is -2.86. The maximum atomic E-state index is 15.0. The number of hydrogen-bond acceptors (Lipinski definition) is 4. The van der Waals surface area contributed by atoms with Crippen LogP contribution in [0.4, 0.5) is 17.6 Å². The zero-order valence-corrected chi connectivity index (χ0v) is 18.2. The van der Waals surface area contributed by atoms with Crippen molar-refractivity contribution in [3.8, 4) is 5.75 Å². The Hall–Kier alpha value is -3.82. The van der Waals surface area contributed by atoms with Gasteiger partial charge in [0.25, 0.3) is 12.3 Å². The predicted octanol–water partition coefficient (Wildman–Crippen LogP) is 3.12. The Balaban J connectivity index is 1.68. The first-order valence-electron chi connectivity index (χ1n) is 11.1. The highest BCUT2D eigenvalue weighted by molar-refractivity contribution is 5.96. The van der Waals surface area contributed by atoms with Crippen molar-refractivity contribution >= 4 is 5.91 Å². The topological polar surface area (TPSA) is 65.8 Å². The number of rotatable bonds is 3. The molecule has 180 valence electrons. The van der Waals surface area contributed by atoms with Crippen molar-refractivity contribution in [1.29, 1.82) is 0 Å². The quantitative estimate of drug-likeness (QED) is 0.580. The molecular weight excluding hydrogens is 466 g/mol. The molecule has 0 fully saturated rings. The number of aromatic hydroxyl groups is 1. The molecule has 3 aromatic rings. The molecule has 2 aliphatic carbocycles. The number of alkyl halides is 2. The van der Waals surface area contributed by atoms with E-state index in [2.05, 4.69) is 0 Å². The van der Waals surface area contributed by atoms with Crippen molar-refractivity contribution in [2.75, 3.05) is 18.2 Å². The van der Waals surface area contributed by atoms with Crippen LogP contribution in [-0.2, 0) is 18.4 Å². The first kappa shape index (κ1) is 21.7. The fourth-order valence-electron chi connectivity index (χ4n) is 6.12. The molecule has 2 aromatic carbocycles. The van der Waals surface area contributed by atoms with Crippen molar-refractivity contribution < 1.29 is 27.5 Å². The molecule has 2 unspecified atom stereocenters. The van der Waals surface area contributed by atoms with Gasteiger partial charge in [-0.1, -0.05) is 30.3 Å². The van der Waals surface area contributed by atoms with E-state index < -0.39 is 52.9 Å². The Morgan fingerprint density at radius 1 is 1.03 bits per heavy atom. The molecule has 6 rings (SSSR count). The van der Waals surface area contributed by atoms with Gasteiger partial charge in [-0.3, -0.25) is 19.3 Å². The third-order valence-corrected chi connectivity index (χ3v) is 7.42. The second-order valence-corrected chi connectivity index (χ2v) is 9.10. The van der Waals surface area contributed by atoms with Gasteiger partial charge >= 0.3 is 0 Å². The van der Waals surface area contributed by atoms with E-state index in [9.17, 15) is 27.9 Å².